The molecule has 0 aliphatic carbocycles. The number of benzene rings is 2. The van der Waals surface area contributed by atoms with Gasteiger partial charge >= 0.3 is 0 Å². The molecule has 0 heterocycles. The van der Waals surface area contributed by atoms with Gasteiger partial charge in [0, 0.05) is 5.56 Å². The molecule has 0 aromatic heterocycles. The lowest BCUT2D eigenvalue weighted by molar-refractivity contribution is 0.102. The highest BCUT2D eigenvalue weighted by Gasteiger charge is 2.11. The number of nitrogens with zero attached hydrogens (tertiary/aromatic N) is 1. The molecule has 0 unspecified atom stereocenters. The zero-order valence-electron chi connectivity index (χ0n) is 10.1. The molecule has 3 N–H and O–H groups in total. The molecule has 2 rings (SSSR count). The van der Waals surface area contributed by atoms with Gasteiger partial charge < -0.3 is 15.5 Å². The van der Waals surface area contributed by atoms with Crippen molar-refractivity contribution in [3.8, 4) is 17.6 Å². The first-order valence-corrected chi connectivity index (χ1v) is 5.92. The Morgan fingerprint density at radius 1 is 1.15 bits per heavy atom. The molecule has 2 aromatic rings. The van der Waals surface area contributed by atoms with E-state index in [1.165, 1.54) is 30.3 Å². The van der Waals surface area contributed by atoms with Gasteiger partial charge in [-0.1, -0.05) is 11.6 Å². The van der Waals surface area contributed by atoms with Crippen LogP contribution in [0, 0.1) is 11.3 Å². The highest BCUT2D eigenvalue weighted by Crippen LogP contribution is 2.27. The van der Waals surface area contributed by atoms with E-state index in [0.717, 1.165) is 6.07 Å². The third-order valence-corrected chi connectivity index (χ3v) is 2.90. The second-order valence-electron chi connectivity index (χ2n) is 3.96. The van der Waals surface area contributed by atoms with Gasteiger partial charge in [0.2, 0.25) is 0 Å². The van der Waals surface area contributed by atoms with E-state index in [-0.39, 0.29) is 22.1 Å². The van der Waals surface area contributed by atoms with Crippen molar-refractivity contribution in [2.45, 2.75) is 0 Å². The lowest BCUT2D eigenvalue weighted by Gasteiger charge is -2.08. The Morgan fingerprint density at radius 2 is 1.90 bits per heavy atom. The molecule has 0 atom stereocenters. The first kappa shape index (κ1) is 13.7. The molecule has 1 amide bonds. The maximum Gasteiger partial charge on any atom is 0.255 e. The summed E-state index contributed by atoms with van der Waals surface area (Å²) >= 11 is 5.94. The van der Waals surface area contributed by atoms with Crippen LogP contribution in [0.1, 0.15) is 15.9 Å². The van der Waals surface area contributed by atoms with Crippen molar-refractivity contribution in [1.82, 2.24) is 0 Å². The number of carbonyl (C=O) groups is 1. The van der Waals surface area contributed by atoms with Crippen molar-refractivity contribution in [2.24, 2.45) is 0 Å². The molecule has 0 saturated heterocycles. The van der Waals surface area contributed by atoms with E-state index >= 15 is 0 Å². The average molecular weight is 289 g/mol. The fourth-order valence-corrected chi connectivity index (χ4v) is 1.77. The van der Waals surface area contributed by atoms with Crippen LogP contribution < -0.4 is 5.32 Å². The monoisotopic (exact) mass is 288 g/mol. The topological polar surface area (TPSA) is 93.4 Å². The zero-order valence-corrected chi connectivity index (χ0v) is 10.8. The second kappa shape index (κ2) is 5.51. The Morgan fingerprint density at radius 3 is 2.50 bits per heavy atom. The third kappa shape index (κ3) is 2.82. The summed E-state index contributed by atoms with van der Waals surface area (Å²) in [4.78, 5) is 12.0. The van der Waals surface area contributed by atoms with Crippen LogP contribution in [-0.2, 0) is 0 Å². The standard InChI is InChI=1S/C14H9ClN2O3/c15-10-5-8(7-16)1-3-11(10)17-14(20)9-2-4-12(18)13(19)6-9/h1-6,18-19H,(H,17,20). The molecule has 0 saturated carbocycles. The predicted octanol–water partition coefficient (Wildman–Crippen LogP) is 2.88. The summed E-state index contributed by atoms with van der Waals surface area (Å²) in [5.74, 6) is -1.19. The molecular formula is C14H9ClN2O3. The van der Waals surface area contributed by atoms with Gasteiger partial charge in [0.15, 0.2) is 11.5 Å². The molecule has 0 aliphatic heterocycles. The largest absolute Gasteiger partial charge is 0.504 e. The summed E-state index contributed by atoms with van der Waals surface area (Å²) < 4.78 is 0. The van der Waals surface area contributed by atoms with Crippen LogP contribution >= 0.6 is 11.6 Å². The number of hydrogen-bond acceptors (Lipinski definition) is 4. The molecule has 0 aliphatic rings. The molecule has 2 aromatic carbocycles. The van der Waals surface area contributed by atoms with Crippen molar-refractivity contribution in [1.29, 1.82) is 5.26 Å². The van der Waals surface area contributed by atoms with Crippen molar-refractivity contribution < 1.29 is 15.0 Å². The number of amides is 1. The molecule has 20 heavy (non-hydrogen) atoms. The molecule has 6 heteroatoms. The van der Waals surface area contributed by atoms with E-state index in [9.17, 15) is 15.0 Å². The lowest BCUT2D eigenvalue weighted by Crippen LogP contribution is -2.12. The molecule has 100 valence electrons. The van der Waals surface area contributed by atoms with E-state index in [0.29, 0.717) is 11.3 Å². The van der Waals surface area contributed by atoms with E-state index in [1.807, 2.05) is 6.07 Å². The van der Waals surface area contributed by atoms with Gasteiger partial charge in [-0.15, -0.1) is 0 Å². The summed E-state index contributed by atoms with van der Waals surface area (Å²) in [5.41, 5.74) is 0.902. The Balaban J connectivity index is 2.23. The van der Waals surface area contributed by atoms with Crippen LogP contribution in [-0.4, -0.2) is 16.1 Å². The first-order chi connectivity index (χ1) is 9.51. The van der Waals surface area contributed by atoms with Crippen LogP contribution in [0.25, 0.3) is 0 Å². The number of aromatic hydroxyl groups is 2. The van der Waals surface area contributed by atoms with Crippen LogP contribution in [0.5, 0.6) is 11.5 Å². The highest BCUT2D eigenvalue weighted by molar-refractivity contribution is 6.34. The summed E-state index contributed by atoms with van der Waals surface area (Å²) in [6, 6.07) is 10.1. The quantitative estimate of drug-likeness (QED) is 0.741. The van der Waals surface area contributed by atoms with Gasteiger partial charge in [-0.25, -0.2) is 0 Å². The highest BCUT2D eigenvalue weighted by atomic mass is 35.5. The fourth-order valence-electron chi connectivity index (χ4n) is 1.55. The average Bonchev–Trinajstić information content (AvgIpc) is 2.43. The van der Waals surface area contributed by atoms with Gasteiger partial charge in [0.1, 0.15) is 0 Å². The molecule has 0 bridgehead atoms. The number of hydrogen-bond donors (Lipinski definition) is 3. The summed E-state index contributed by atoms with van der Waals surface area (Å²) in [7, 11) is 0. The lowest BCUT2D eigenvalue weighted by atomic mass is 10.1. The molecule has 0 spiro atoms. The third-order valence-electron chi connectivity index (χ3n) is 2.58. The van der Waals surface area contributed by atoms with E-state index in [1.54, 1.807) is 0 Å². The Labute approximate surface area is 119 Å². The summed E-state index contributed by atoms with van der Waals surface area (Å²) in [5, 5.41) is 30.0. The number of nitriles is 1. The van der Waals surface area contributed by atoms with Crippen LogP contribution in [0.2, 0.25) is 5.02 Å². The van der Waals surface area contributed by atoms with Gasteiger partial charge in [0.05, 0.1) is 22.3 Å². The summed E-state index contributed by atoms with van der Waals surface area (Å²) in [6.45, 7) is 0. The zero-order chi connectivity index (χ0) is 14.7. The van der Waals surface area contributed by atoms with E-state index in [2.05, 4.69) is 5.32 Å². The van der Waals surface area contributed by atoms with E-state index in [4.69, 9.17) is 16.9 Å². The number of nitrogens with one attached hydrogen (secondary N) is 1. The maximum absolute atomic E-state index is 12.0. The normalized spacial score (nSPS) is 9.80. The molecule has 5 nitrogen and oxygen atoms in total. The number of phenols is 2. The number of anilines is 1. The smallest absolute Gasteiger partial charge is 0.255 e. The summed E-state index contributed by atoms with van der Waals surface area (Å²) in [6.07, 6.45) is 0. The Bertz CT molecular complexity index is 723. The first-order valence-electron chi connectivity index (χ1n) is 5.54. The van der Waals surface area contributed by atoms with Crippen molar-refractivity contribution >= 4 is 23.2 Å². The fraction of sp³-hybridized carbons (Fsp3) is 0. The SMILES string of the molecule is N#Cc1ccc(NC(=O)c2ccc(O)c(O)c2)c(Cl)c1. The van der Waals surface area contributed by atoms with Gasteiger partial charge in [-0.05, 0) is 36.4 Å². The van der Waals surface area contributed by atoms with Crippen LogP contribution in [0.4, 0.5) is 5.69 Å². The minimum Gasteiger partial charge on any atom is -0.504 e. The minimum absolute atomic E-state index is 0.167. The number of phenolic OH excluding ortho intramolecular Hbond substituents is 2. The number of rotatable bonds is 2. The second-order valence-corrected chi connectivity index (χ2v) is 4.37. The predicted molar refractivity (Wildman–Crippen MR) is 73.9 cm³/mol. The van der Waals surface area contributed by atoms with Gasteiger partial charge in [-0.2, -0.15) is 5.26 Å². The van der Waals surface area contributed by atoms with Gasteiger partial charge in [-0.3, -0.25) is 4.79 Å². The minimum atomic E-state index is -0.494. The van der Waals surface area contributed by atoms with E-state index < -0.39 is 5.91 Å². The van der Waals surface area contributed by atoms with Crippen molar-refractivity contribution in [3.63, 3.8) is 0 Å². The number of carbonyl (C=O) groups excluding carboxylic acids is 1. The maximum atomic E-state index is 12.0. The molecule has 0 fully saturated rings. The van der Waals surface area contributed by atoms with Crippen molar-refractivity contribution in [2.75, 3.05) is 5.32 Å². The Hall–Kier alpha value is -2.71. The van der Waals surface area contributed by atoms with Crippen molar-refractivity contribution in [3.05, 3.63) is 52.5 Å². The molecular weight excluding hydrogens is 280 g/mol. The van der Waals surface area contributed by atoms with Gasteiger partial charge in [0.25, 0.3) is 5.91 Å². The van der Waals surface area contributed by atoms with Crippen LogP contribution in [0.3, 0.4) is 0 Å². The van der Waals surface area contributed by atoms with Crippen LogP contribution in [0.15, 0.2) is 36.4 Å². The molecule has 0 radical (unpaired) electrons. The number of halogens is 1. The Kier molecular flexibility index (Phi) is 3.78.